The summed E-state index contributed by atoms with van der Waals surface area (Å²) in [5.41, 5.74) is -0.465. The quantitative estimate of drug-likeness (QED) is 0.672. The normalized spacial score (nSPS) is 21.9. The van der Waals surface area contributed by atoms with E-state index in [-0.39, 0.29) is 49.9 Å². The number of halogens is 4. The Bertz CT molecular complexity index is 1080. The molecule has 1 N–H and O–H groups in total. The van der Waals surface area contributed by atoms with Gasteiger partial charge in [-0.25, -0.2) is 4.39 Å². The number of benzene rings is 1. The zero-order valence-electron chi connectivity index (χ0n) is 18.3. The smallest absolute Gasteiger partial charge is 0.435 e. The number of carboxylic acids is 1. The van der Waals surface area contributed by atoms with Gasteiger partial charge in [0.2, 0.25) is 5.91 Å². The molecule has 2 unspecified atom stereocenters. The Kier molecular flexibility index (Phi) is 5.74. The second-order valence-corrected chi connectivity index (χ2v) is 9.47. The average Bonchev–Trinajstić information content (AvgIpc) is 3.10. The monoisotopic (exact) mass is 467 g/mol. The number of alkyl halides is 3. The van der Waals surface area contributed by atoms with Crippen molar-refractivity contribution >= 4 is 11.9 Å². The first-order chi connectivity index (χ1) is 15.4. The Hall–Kier alpha value is -2.91. The fourth-order valence-electron chi connectivity index (χ4n) is 4.94. The molecule has 1 aromatic heterocycles. The van der Waals surface area contributed by atoms with Crippen molar-refractivity contribution in [3.05, 3.63) is 52.6 Å². The third kappa shape index (κ3) is 4.35. The van der Waals surface area contributed by atoms with Crippen LogP contribution in [0.4, 0.5) is 17.6 Å². The van der Waals surface area contributed by atoms with Crippen LogP contribution in [0.25, 0.3) is 0 Å². The first kappa shape index (κ1) is 23.3. The Labute approximate surface area is 188 Å². The molecule has 6 nitrogen and oxygen atoms in total. The predicted octanol–water partition coefficient (Wildman–Crippen LogP) is 4.11. The van der Waals surface area contributed by atoms with Crippen molar-refractivity contribution in [3.8, 4) is 0 Å². The number of nitrogens with zero attached hydrogens (tertiary/aromatic N) is 3. The van der Waals surface area contributed by atoms with Gasteiger partial charge in [0.1, 0.15) is 5.82 Å². The molecule has 1 saturated carbocycles. The maximum absolute atomic E-state index is 13.6. The summed E-state index contributed by atoms with van der Waals surface area (Å²) < 4.78 is 55.2. The fraction of sp³-hybridized carbons (Fsp3) is 0.522. The lowest BCUT2D eigenvalue weighted by molar-refractivity contribution is -0.162. The lowest BCUT2D eigenvalue weighted by atomic mass is 9.54. The predicted molar refractivity (Wildman–Crippen MR) is 109 cm³/mol. The van der Waals surface area contributed by atoms with Gasteiger partial charge in [-0.05, 0) is 41.9 Å². The number of fused-ring (bicyclic) bond motifs is 1. The van der Waals surface area contributed by atoms with Crippen LogP contribution in [0.2, 0.25) is 0 Å². The topological polar surface area (TPSA) is 75.4 Å². The summed E-state index contributed by atoms with van der Waals surface area (Å²) in [5, 5.41) is 13.1. The van der Waals surface area contributed by atoms with Gasteiger partial charge in [-0.3, -0.25) is 14.3 Å². The van der Waals surface area contributed by atoms with E-state index in [9.17, 15) is 32.3 Å². The molecular formula is C23H25F4N3O3. The average molecular weight is 467 g/mol. The van der Waals surface area contributed by atoms with Crippen molar-refractivity contribution < 1.29 is 32.3 Å². The van der Waals surface area contributed by atoms with E-state index in [0.29, 0.717) is 17.7 Å². The molecule has 10 heteroatoms. The van der Waals surface area contributed by atoms with Crippen LogP contribution in [0.5, 0.6) is 0 Å². The van der Waals surface area contributed by atoms with Crippen LogP contribution in [0.15, 0.2) is 24.3 Å². The maximum atomic E-state index is 13.6. The van der Waals surface area contributed by atoms with E-state index in [0.717, 1.165) is 0 Å². The van der Waals surface area contributed by atoms with Crippen LogP contribution in [0.1, 0.15) is 49.2 Å². The van der Waals surface area contributed by atoms with E-state index in [1.54, 1.807) is 0 Å². The summed E-state index contributed by atoms with van der Waals surface area (Å²) >= 11 is 0. The number of carboxylic acid groups (broad SMARTS) is 1. The Morgan fingerprint density at radius 3 is 2.45 bits per heavy atom. The largest absolute Gasteiger partial charge is 0.481 e. The molecular weight excluding hydrogens is 442 g/mol. The van der Waals surface area contributed by atoms with Gasteiger partial charge in [0.05, 0.1) is 24.7 Å². The Balaban J connectivity index is 1.54. The lowest BCUT2D eigenvalue weighted by Gasteiger charge is -2.50. The number of amides is 1. The summed E-state index contributed by atoms with van der Waals surface area (Å²) in [6, 6.07) is 5.44. The van der Waals surface area contributed by atoms with Gasteiger partial charge in [0, 0.05) is 18.5 Å². The van der Waals surface area contributed by atoms with E-state index in [1.165, 1.54) is 33.8 Å². The summed E-state index contributed by atoms with van der Waals surface area (Å²) in [6.45, 7) is 3.82. The first-order valence-electron chi connectivity index (χ1n) is 10.8. The molecule has 2 aromatic rings. The van der Waals surface area contributed by atoms with Crippen LogP contribution >= 0.6 is 0 Å². The van der Waals surface area contributed by atoms with Crippen molar-refractivity contribution in [2.45, 2.75) is 52.4 Å². The number of aromatic nitrogens is 2. The van der Waals surface area contributed by atoms with E-state index in [2.05, 4.69) is 5.10 Å². The van der Waals surface area contributed by atoms with Gasteiger partial charge in [0.25, 0.3) is 0 Å². The molecule has 0 spiro atoms. The number of rotatable bonds is 5. The summed E-state index contributed by atoms with van der Waals surface area (Å²) in [4.78, 5) is 25.8. The van der Waals surface area contributed by atoms with Crippen LogP contribution in [-0.2, 0) is 35.3 Å². The maximum Gasteiger partial charge on any atom is 0.435 e. The third-order valence-electron chi connectivity index (χ3n) is 7.20. The van der Waals surface area contributed by atoms with Crippen LogP contribution in [0.3, 0.4) is 0 Å². The number of aliphatic carboxylic acids is 1. The molecule has 2 aliphatic rings. The summed E-state index contributed by atoms with van der Waals surface area (Å²) in [5.74, 6) is -2.13. The molecule has 178 valence electrons. The highest BCUT2D eigenvalue weighted by Crippen LogP contribution is 2.53. The van der Waals surface area contributed by atoms with Gasteiger partial charge in [-0.2, -0.15) is 18.3 Å². The molecule has 1 aromatic carbocycles. The van der Waals surface area contributed by atoms with Gasteiger partial charge < -0.3 is 10.0 Å². The van der Waals surface area contributed by atoms with Crippen molar-refractivity contribution in [1.29, 1.82) is 0 Å². The fourth-order valence-corrected chi connectivity index (χ4v) is 4.94. The minimum absolute atomic E-state index is 0.00600. The van der Waals surface area contributed by atoms with Crippen molar-refractivity contribution in [2.24, 2.45) is 17.3 Å². The number of hydrogen-bond donors (Lipinski definition) is 1. The van der Waals surface area contributed by atoms with Crippen LogP contribution in [-0.4, -0.2) is 38.2 Å². The molecule has 33 heavy (non-hydrogen) atoms. The van der Waals surface area contributed by atoms with E-state index < -0.39 is 35.0 Å². The van der Waals surface area contributed by atoms with Gasteiger partial charge in [0.15, 0.2) is 5.69 Å². The number of carbonyl (C=O) groups excluding carboxylic acids is 1. The standard InChI is InChI=1S/C23H25F4N3O3/c1-22(2)14(9-17(22)21(32)33)10-19(31)29-8-7-16-18(12-29)30(28-20(16)23(25,26)27)11-13-3-5-15(24)6-4-13/h3-6,14,17H,7-12H2,1-2H3,(H,32,33). The van der Waals surface area contributed by atoms with Crippen molar-refractivity contribution in [2.75, 3.05) is 6.54 Å². The van der Waals surface area contributed by atoms with E-state index in [1.807, 2.05) is 13.8 Å². The van der Waals surface area contributed by atoms with E-state index in [4.69, 9.17) is 0 Å². The molecule has 0 saturated heterocycles. The van der Waals surface area contributed by atoms with Crippen molar-refractivity contribution in [1.82, 2.24) is 14.7 Å². The Morgan fingerprint density at radius 1 is 1.21 bits per heavy atom. The lowest BCUT2D eigenvalue weighted by Crippen LogP contribution is -2.51. The number of hydrogen-bond acceptors (Lipinski definition) is 3. The highest BCUT2D eigenvalue weighted by atomic mass is 19.4. The highest BCUT2D eigenvalue weighted by molar-refractivity contribution is 5.78. The minimum atomic E-state index is -4.62. The van der Waals surface area contributed by atoms with Crippen LogP contribution in [0, 0.1) is 23.1 Å². The Morgan fingerprint density at radius 2 is 1.88 bits per heavy atom. The minimum Gasteiger partial charge on any atom is -0.481 e. The second-order valence-electron chi connectivity index (χ2n) is 9.47. The second kappa shape index (κ2) is 8.14. The zero-order valence-corrected chi connectivity index (χ0v) is 18.3. The molecule has 1 fully saturated rings. The summed E-state index contributed by atoms with van der Waals surface area (Å²) in [6.07, 6.45) is -4.02. The molecule has 2 atom stereocenters. The van der Waals surface area contributed by atoms with E-state index >= 15 is 0 Å². The zero-order chi connectivity index (χ0) is 24.1. The van der Waals surface area contributed by atoms with Gasteiger partial charge in [-0.15, -0.1) is 0 Å². The highest BCUT2D eigenvalue weighted by Gasteiger charge is 2.52. The van der Waals surface area contributed by atoms with Crippen molar-refractivity contribution in [3.63, 3.8) is 0 Å². The molecule has 4 rings (SSSR count). The first-order valence-corrected chi connectivity index (χ1v) is 10.8. The SMILES string of the molecule is CC1(C)C(CC(=O)N2CCc3c(C(F)(F)F)nn(Cc4ccc(F)cc4)c3C2)CC1C(=O)O. The summed E-state index contributed by atoms with van der Waals surface area (Å²) in [7, 11) is 0. The number of carbonyl (C=O) groups is 2. The van der Waals surface area contributed by atoms with Gasteiger partial charge >= 0.3 is 12.1 Å². The van der Waals surface area contributed by atoms with Gasteiger partial charge in [-0.1, -0.05) is 26.0 Å². The molecule has 1 aliphatic heterocycles. The molecule has 0 radical (unpaired) electrons. The third-order valence-corrected chi connectivity index (χ3v) is 7.20. The van der Waals surface area contributed by atoms with Crippen LogP contribution < -0.4 is 0 Å². The molecule has 1 aliphatic carbocycles. The molecule has 1 amide bonds. The molecule has 2 heterocycles. The molecule has 0 bridgehead atoms.